The van der Waals surface area contributed by atoms with Crippen LogP contribution in [0.4, 0.5) is 5.69 Å². The number of fused-ring (bicyclic) bond motifs is 1. The number of benzene rings is 2. The first-order valence-electron chi connectivity index (χ1n) is 7.35. The molecule has 0 bridgehead atoms. The first-order chi connectivity index (χ1) is 10.7. The van der Waals surface area contributed by atoms with Crippen LogP contribution in [0.5, 0.6) is 0 Å². The molecule has 0 radical (unpaired) electrons. The van der Waals surface area contributed by atoms with Gasteiger partial charge < -0.3 is 5.32 Å². The summed E-state index contributed by atoms with van der Waals surface area (Å²) in [5, 5.41) is 3.29. The zero-order chi connectivity index (χ0) is 15.5. The molecular weight excluding hydrogens is 266 g/mol. The van der Waals surface area contributed by atoms with Gasteiger partial charge in [-0.25, -0.2) is 0 Å². The molecule has 0 spiro atoms. The van der Waals surface area contributed by atoms with Crippen LogP contribution in [0, 0.1) is 6.92 Å². The number of rotatable bonds is 2. The molecule has 1 heteroatoms. The average Bonchev–Trinajstić information content (AvgIpc) is 2.52. The molecule has 1 aliphatic heterocycles. The van der Waals surface area contributed by atoms with Gasteiger partial charge in [0.15, 0.2) is 0 Å². The Morgan fingerprint density at radius 1 is 1.05 bits per heavy atom. The standard InChI is InChI=1S/C21H19N/c1-15-8-4-5-10-19(15)17(3)18-11-12-21-20(14-18)16(2)9-6-7-13-22-21/h4-14,22H,2-3H2,1H3/b9-6-,13-7-. The Bertz CT molecular complexity index is 806. The number of anilines is 1. The molecule has 22 heavy (non-hydrogen) atoms. The lowest BCUT2D eigenvalue weighted by Gasteiger charge is -2.15. The third kappa shape index (κ3) is 2.66. The van der Waals surface area contributed by atoms with E-state index in [-0.39, 0.29) is 0 Å². The molecule has 0 saturated heterocycles. The van der Waals surface area contributed by atoms with Crippen molar-refractivity contribution >= 4 is 16.8 Å². The number of allylic oxidation sites excluding steroid dienone is 4. The molecule has 0 amide bonds. The maximum absolute atomic E-state index is 4.29. The van der Waals surface area contributed by atoms with Crippen molar-refractivity contribution in [3.63, 3.8) is 0 Å². The molecule has 2 aromatic carbocycles. The minimum atomic E-state index is 0.992. The fraction of sp³-hybridized carbons (Fsp3) is 0.0476. The molecule has 0 saturated carbocycles. The summed E-state index contributed by atoms with van der Waals surface area (Å²) in [7, 11) is 0. The highest BCUT2D eigenvalue weighted by Gasteiger charge is 2.10. The van der Waals surface area contributed by atoms with Gasteiger partial charge in [0.25, 0.3) is 0 Å². The molecule has 0 aromatic heterocycles. The van der Waals surface area contributed by atoms with Crippen molar-refractivity contribution in [1.29, 1.82) is 0 Å². The Labute approximate surface area is 132 Å². The van der Waals surface area contributed by atoms with E-state index in [4.69, 9.17) is 0 Å². The van der Waals surface area contributed by atoms with Crippen LogP contribution in [0.15, 0.2) is 80.1 Å². The van der Waals surface area contributed by atoms with E-state index in [1.165, 1.54) is 11.1 Å². The van der Waals surface area contributed by atoms with E-state index in [9.17, 15) is 0 Å². The number of hydrogen-bond donors (Lipinski definition) is 1. The first kappa shape index (κ1) is 14.2. The molecule has 0 unspecified atom stereocenters. The number of hydrogen-bond acceptors (Lipinski definition) is 1. The summed E-state index contributed by atoms with van der Waals surface area (Å²) in [5.74, 6) is 0. The van der Waals surface area contributed by atoms with Gasteiger partial charge in [-0.1, -0.05) is 55.6 Å². The Morgan fingerprint density at radius 3 is 2.68 bits per heavy atom. The maximum atomic E-state index is 4.29. The number of nitrogens with one attached hydrogen (secondary N) is 1. The van der Waals surface area contributed by atoms with Crippen molar-refractivity contribution < 1.29 is 0 Å². The van der Waals surface area contributed by atoms with E-state index in [0.29, 0.717) is 0 Å². The van der Waals surface area contributed by atoms with Gasteiger partial charge in [0.05, 0.1) is 0 Å². The minimum Gasteiger partial charge on any atom is -0.361 e. The third-order valence-electron chi connectivity index (χ3n) is 3.93. The van der Waals surface area contributed by atoms with E-state index in [1.807, 2.05) is 24.4 Å². The van der Waals surface area contributed by atoms with Crippen LogP contribution in [0.1, 0.15) is 22.3 Å². The van der Waals surface area contributed by atoms with Gasteiger partial charge in [-0.05, 0) is 53.0 Å². The molecule has 0 atom stereocenters. The Morgan fingerprint density at radius 2 is 1.86 bits per heavy atom. The fourth-order valence-electron chi connectivity index (χ4n) is 2.65. The second-order valence-electron chi connectivity index (χ2n) is 5.44. The van der Waals surface area contributed by atoms with Crippen LogP contribution in [0.3, 0.4) is 0 Å². The SMILES string of the molecule is C=C(c1ccc2c(c1)C(=C)/C=C\C=C/N2)c1ccccc1C. The first-order valence-corrected chi connectivity index (χ1v) is 7.35. The van der Waals surface area contributed by atoms with Gasteiger partial charge in [0.1, 0.15) is 0 Å². The van der Waals surface area contributed by atoms with E-state index in [1.54, 1.807) is 0 Å². The van der Waals surface area contributed by atoms with Crippen molar-refractivity contribution in [1.82, 2.24) is 0 Å². The second kappa shape index (κ2) is 5.90. The largest absolute Gasteiger partial charge is 0.361 e. The van der Waals surface area contributed by atoms with Gasteiger partial charge in [-0.15, -0.1) is 0 Å². The van der Waals surface area contributed by atoms with E-state index in [0.717, 1.165) is 28.0 Å². The van der Waals surface area contributed by atoms with Crippen LogP contribution >= 0.6 is 0 Å². The van der Waals surface area contributed by atoms with Crippen molar-refractivity contribution in [3.8, 4) is 0 Å². The molecule has 2 aromatic rings. The lowest BCUT2D eigenvalue weighted by Crippen LogP contribution is -1.97. The molecule has 3 rings (SSSR count). The summed E-state index contributed by atoms with van der Waals surface area (Å²) >= 11 is 0. The van der Waals surface area contributed by atoms with Gasteiger partial charge in [-0.2, -0.15) is 0 Å². The van der Waals surface area contributed by atoms with E-state index >= 15 is 0 Å². The summed E-state index contributed by atoms with van der Waals surface area (Å²) in [5.41, 5.74) is 7.73. The molecular formula is C21H19N. The van der Waals surface area contributed by atoms with Crippen LogP contribution in [0.2, 0.25) is 0 Å². The van der Waals surface area contributed by atoms with Crippen LogP contribution in [-0.4, -0.2) is 0 Å². The van der Waals surface area contributed by atoms with Gasteiger partial charge in [0, 0.05) is 17.5 Å². The monoisotopic (exact) mass is 285 g/mol. The summed E-state index contributed by atoms with van der Waals surface area (Å²) < 4.78 is 0. The molecule has 1 N–H and O–H groups in total. The predicted octanol–water partition coefficient (Wildman–Crippen LogP) is 5.57. The summed E-state index contributed by atoms with van der Waals surface area (Å²) in [4.78, 5) is 0. The van der Waals surface area contributed by atoms with Gasteiger partial charge >= 0.3 is 0 Å². The smallest absolute Gasteiger partial charge is 0.0459 e. The van der Waals surface area contributed by atoms with E-state index < -0.39 is 0 Å². The molecule has 0 fully saturated rings. The van der Waals surface area contributed by atoms with Crippen molar-refractivity contribution in [2.24, 2.45) is 0 Å². The van der Waals surface area contributed by atoms with Gasteiger partial charge in [0.2, 0.25) is 0 Å². The van der Waals surface area contributed by atoms with Gasteiger partial charge in [-0.3, -0.25) is 0 Å². The number of aryl methyl sites for hydroxylation is 1. The molecule has 108 valence electrons. The molecule has 1 nitrogen and oxygen atoms in total. The normalized spacial score (nSPS) is 16.0. The summed E-state index contributed by atoms with van der Waals surface area (Å²) in [6.45, 7) is 10.6. The highest BCUT2D eigenvalue weighted by Crippen LogP contribution is 2.31. The average molecular weight is 285 g/mol. The predicted molar refractivity (Wildman–Crippen MR) is 96.7 cm³/mol. The topological polar surface area (TPSA) is 12.0 Å². The highest BCUT2D eigenvalue weighted by atomic mass is 14.8. The lowest BCUT2D eigenvalue weighted by molar-refractivity contribution is 1.41. The van der Waals surface area contributed by atoms with Crippen molar-refractivity contribution in [2.45, 2.75) is 6.92 Å². The van der Waals surface area contributed by atoms with Crippen molar-refractivity contribution in [3.05, 3.63) is 102 Å². The minimum absolute atomic E-state index is 0.992. The quantitative estimate of drug-likeness (QED) is 0.761. The zero-order valence-corrected chi connectivity index (χ0v) is 12.8. The molecule has 1 heterocycles. The Kier molecular flexibility index (Phi) is 3.80. The molecule has 1 aliphatic rings. The van der Waals surface area contributed by atoms with Crippen molar-refractivity contribution in [2.75, 3.05) is 5.32 Å². The Balaban J connectivity index is 2.05. The Hall–Kier alpha value is -2.80. The van der Waals surface area contributed by atoms with Crippen LogP contribution in [-0.2, 0) is 0 Å². The van der Waals surface area contributed by atoms with Crippen LogP contribution < -0.4 is 5.32 Å². The summed E-state index contributed by atoms with van der Waals surface area (Å²) in [6.07, 6.45) is 7.91. The highest BCUT2D eigenvalue weighted by molar-refractivity contribution is 5.87. The third-order valence-corrected chi connectivity index (χ3v) is 3.93. The lowest BCUT2D eigenvalue weighted by atomic mass is 9.92. The summed E-state index contributed by atoms with van der Waals surface area (Å²) in [6, 6.07) is 14.7. The maximum Gasteiger partial charge on any atom is 0.0459 e. The van der Waals surface area contributed by atoms with Crippen LogP contribution in [0.25, 0.3) is 11.1 Å². The zero-order valence-electron chi connectivity index (χ0n) is 12.8. The fourth-order valence-corrected chi connectivity index (χ4v) is 2.65. The molecule has 0 aliphatic carbocycles. The second-order valence-corrected chi connectivity index (χ2v) is 5.44. The van der Waals surface area contributed by atoms with E-state index in [2.05, 4.69) is 67.9 Å².